The topological polar surface area (TPSA) is 60.2 Å². The van der Waals surface area contributed by atoms with Crippen molar-refractivity contribution in [2.45, 2.75) is 62.9 Å². The number of benzene rings is 1. The maximum absolute atomic E-state index is 13.3. The van der Waals surface area contributed by atoms with E-state index in [4.69, 9.17) is 4.74 Å². The number of carbonyl (C=O) groups excluding carboxylic acids is 1. The minimum absolute atomic E-state index is 0.113. The van der Waals surface area contributed by atoms with Crippen LogP contribution in [0, 0.1) is 5.82 Å². The van der Waals surface area contributed by atoms with Gasteiger partial charge in [0.05, 0.1) is 18.4 Å². The first-order valence-corrected chi connectivity index (χ1v) is 11.3. The summed E-state index contributed by atoms with van der Waals surface area (Å²) in [5.41, 5.74) is 0.805. The van der Waals surface area contributed by atoms with Crippen molar-refractivity contribution in [1.29, 1.82) is 0 Å². The molecule has 2 fully saturated rings. The Morgan fingerprint density at radius 1 is 1.21 bits per heavy atom. The highest BCUT2D eigenvalue weighted by Gasteiger charge is 2.25. The predicted molar refractivity (Wildman–Crippen MR) is 110 cm³/mol. The zero-order chi connectivity index (χ0) is 20.2. The quantitative estimate of drug-likeness (QED) is 0.669. The van der Waals surface area contributed by atoms with Crippen molar-refractivity contribution in [2.24, 2.45) is 0 Å². The number of piperidine rings is 1. The second-order valence-electron chi connectivity index (χ2n) is 7.78. The fourth-order valence-corrected chi connectivity index (χ4v) is 4.88. The van der Waals surface area contributed by atoms with Crippen molar-refractivity contribution >= 4 is 17.7 Å². The molecule has 2 aliphatic rings. The number of nitrogens with zero attached hydrogens (tertiary/aromatic N) is 4. The maximum Gasteiger partial charge on any atom is 0.233 e. The van der Waals surface area contributed by atoms with E-state index in [0.717, 1.165) is 44.4 Å². The molecule has 4 rings (SSSR count). The van der Waals surface area contributed by atoms with Crippen molar-refractivity contribution < 1.29 is 13.9 Å². The van der Waals surface area contributed by atoms with E-state index in [-0.39, 0.29) is 17.8 Å². The Kier molecular flexibility index (Phi) is 6.50. The summed E-state index contributed by atoms with van der Waals surface area (Å²) in [6, 6.07) is 6.57. The van der Waals surface area contributed by atoms with Crippen LogP contribution < -0.4 is 0 Å². The highest BCUT2D eigenvalue weighted by Crippen LogP contribution is 2.27. The molecule has 29 heavy (non-hydrogen) atoms. The van der Waals surface area contributed by atoms with Crippen LogP contribution in [0.3, 0.4) is 0 Å². The zero-order valence-electron chi connectivity index (χ0n) is 16.7. The number of thioether (sulfide) groups is 1. The van der Waals surface area contributed by atoms with Gasteiger partial charge in [-0.1, -0.05) is 11.8 Å². The number of halogens is 1. The molecule has 2 aliphatic heterocycles. The lowest BCUT2D eigenvalue weighted by molar-refractivity contribution is -0.131. The van der Waals surface area contributed by atoms with E-state index in [1.807, 2.05) is 9.47 Å². The first-order valence-electron chi connectivity index (χ1n) is 10.3. The third-order valence-electron chi connectivity index (χ3n) is 5.68. The minimum atomic E-state index is -0.283. The molecule has 0 bridgehead atoms. The van der Waals surface area contributed by atoms with Gasteiger partial charge in [0.25, 0.3) is 0 Å². The molecule has 1 amide bonds. The van der Waals surface area contributed by atoms with Gasteiger partial charge < -0.3 is 9.64 Å². The molecule has 156 valence electrons. The number of hydrogen-bond acceptors (Lipinski definition) is 5. The average molecular weight is 419 g/mol. The predicted octanol–water partition coefficient (Wildman–Crippen LogP) is 3.76. The largest absolute Gasteiger partial charge is 0.376 e. The van der Waals surface area contributed by atoms with Crippen LogP contribution in [0.25, 0.3) is 11.4 Å². The molecule has 1 aromatic heterocycles. The Hall–Kier alpha value is -1.93. The molecule has 6 nitrogen and oxygen atoms in total. The SMILES string of the molecule is CC1CCCCN1C(=O)CSc1nnc(-c2ccc(F)cc2)n1CC1CCCO1. The van der Waals surface area contributed by atoms with Gasteiger partial charge in [0.15, 0.2) is 11.0 Å². The number of aromatic nitrogens is 3. The monoisotopic (exact) mass is 418 g/mol. The molecule has 2 unspecified atom stereocenters. The molecular formula is C21H27FN4O2S. The summed E-state index contributed by atoms with van der Waals surface area (Å²) in [6.45, 7) is 4.36. The summed E-state index contributed by atoms with van der Waals surface area (Å²) in [7, 11) is 0. The Balaban J connectivity index is 1.52. The van der Waals surface area contributed by atoms with Crippen molar-refractivity contribution in [2.75, 3.05) is 18.9 Å². The number of hydrogen-bond donors (Lipinski definition) is 0. The van der Waals surface area contributed by atoms with Gasteiger partial charge in [-0.15, -0.1) is 10.2 Å². The minimum Gasteiger partial charge on any atom is -0.376 e. The summed E-state index contributed by atoms with van der Waals surface area (Å²) < 4.78 is 21.2. The van der Waals surface area contributed by atoms with Gasteiger partial charge in [-0.3, -0.25) is 9.36 Å². The molecule has 0 saturated carbocycles. The first kappa shape index (κ1) is 20.3. The molecule has 0 N–H and O–H groups in total. The highest BCUT2D eigenvalue weighted by atomic mass is 32.2. The lowest BCUT2D eigenvalue weighted by Crippen LogP contribution is -2.43. The molecule has 2 saturated heterocycles. The zero-order valence-corrected chi connectivity index (χ0v) is 17.5. The van der Waals surface area contributed by atoms with Crippen LogP contribution >= 0.6 is 11.8 Å². The van der Waals surface area contributed by atoms with Crippen molar-refractivity contribution in [3.8, 4) is 11.4 Å². The summed E-state index contributed by atoms with van der Waals surface area (Å²) in [5, 5.41) is 9.41. The van der Waals surface area contributed by atoms with E-state index in [2.05, 4.69) is 17.1 Å². The summed E-state index contributed by atoms with van der Waals surface area (Å²) in [6.07, 6.45) is 5.49. The molecule has 0 aliphatic carbocycles. The van der Waals surface area contributed by atoms with E-state index >= 15 is 0 Å². The number of amides is 1. The summed E-state index contributed by atoms with van der Waals surface area (Å²) in [5.74, 6) is 0.894. The second kappa shape index (κ2) is 9.26. The lowest BCUT2D eigenvalue weighted by atomic mass is 10.0. The van der Waals surface area contributed by atoms with E-state index in [9.17, 15) is 9.18 Å². The standard InChI is InChI=1S/C21H27FN4O2S/c1-15-5-2-3-11-25(15)19(27)14-29-21-24-23-20(16-7-9-17(22)10-8-16)26(21)13-18-6-4-12-28-18/h7-10,15,18H,2-6,11-14H2,1H3. The number of rotatable bonds is 6. The Labute approximate surface area is 174 Å². The lowest BCUT2D eigenvalue weighted by Gasteiger charge is -2.33. The van der Waals surface area contributed by atoms with Gasteiger partial charge in [0, 0.05) is 24.8 Å². The highest BCUT2D eigenvalue weighted by molar-refractivity contribution is 7.99. The molecule has 0 radical (unpaired) electrons. The van der Waals surface area contributed by atoms with E-state index < -0.39 is 0 Å². The van der Waals surface area contributed by atoms with E-state index in [1.165, 1.54) is 30.3 Å². The Morgan fingerprint density at radius 2 is 2.03 bits per heavy atom. The number of likely N-dealkylation sites (tertiary alicyclic amines) is 1. The van der Waals surface area contributed by atoms with Crippen LogP contribution in [0.4, 0.5) is 4.39 Å². The average Bonchev–Trinajstić information content (AvgIpc) is 3.38. The molecule has 2 atom stereocenters. The van der Waals surface area contributed by atoms with Crippen LogP contribution in [0.1, 0.15) is 39.0 Å². The molecule has 0 spiro atoms. The van der Waals surface area contributed by atoms with E-state index in [1.54, 1.807) is 12.1 Å². The third-order valence-corrected chi connectivity index (χ3v) is 6.63. The Bertz CT molecular complexity index is 836. The number of carbonyl (C=O) groups is 1. The second-order valence-corrected chi connectivity index (χ2v) is 8.72. The van der Waals surface area contributed by atoms with E-state index in [0.29, 0.717) is 29.3 Å². The summed E-state index contributed by atoms with van der Waals surface area (Å²) in [4.78, 5) is 14.7. The molecular weight excluding hydrogens is 391 g/mol. The normalized spacial score (nSPS) is 22.2. The summed E-state index contributed by atoms with van der Waals surface area (Å²) >= 11 is 1.42. The van der Waals surface area contributed by atoms with Gasteiger partial charge in [-0.05, 0) is 63.3 Å². The molecule has 1 aromatic carbocycles. The number of ether oxygens (including phenoxy) is 1. The van der Waals surface area contributed by atoms with Gasteiger partial charge in [0.1, 0.15) is 5.82 Å². The maximum atomic E-state index is 13.3. The molecule has 2 aromatic rings. The van der Waals surface area contributed by atoms with Crippen molar-refractivity contribution in [1.82, 2.24) is 19.7 Å². The van der Waals surface area contributed by atoms with Gasteiger partial charge >= 0.3 is 0 Å². The van der Waals surface area contributed by atoms with Gasteiger partial charge in [-0.2, -0.15) is 0 Å². The van der Waals surface area contributed by atoms with Crippen LogP contribution in [0.15, 0.2) is 29.4 Å². The molecule has 3 heterocycles. The van der Waals surface area contributed by atoms with Crippen LogP contribution in [-0.2, 0) is 16.1 Å². The fraction of sp³-hybridized carbons (Fsp3) is 0.571. The van der Waals surface area contributed by atoms with Gasteiger partial charge in [-0.25, -0.2) is 4.39 Å². The Morgan fingerprint density at radius 3 is 2.76 bits per heavy atom. The first-order chi connectivity index (χ1) is 14.1. The van der Waals surface area contributed by atoms with Crippen molar-refractivity contribution in [3.05, 3.63) is 30.1 Å². The molecule has 8 heteroatoms. The van der Waals surface area contributed by atoms with Crippen LogP contribution in [-0.4, -0.2) is 56.6 Å². The van der Waals surface area contributed by atoms with Gasteiger partial charge in [0.2, 0.25) is 5.91 Å². The van der Waals surface area contributed by atoms with Crippen LogP contribution in [0.2, 0.25) is 0 Å². The van der Waals surface area contributed by atoms with Crippen LogP contribution in [0.5, 0.6) is 0 Å². The smallest absolute Gasteiger partial charge is 0.233 e. The third kappa shape index (κ3) is 4.80. The van der Waals surface area contributed by atoms with Crippen molar-refractivity contribution in [3.63, 3.8) is 0 Å². The fourth-order valence-electron chi connectivity index (χ4n) is 4.04.